The highest BCUT2D eigenvalue weighted by molar-refractivity contribution is 14.0. The Morgan fingerprint density at radius 1 is 1.23 bits per heavy atom. The van der Waals surface area contributed by atoms with Crippen molar-refractivity contribution in [3.05, 3.63) is 0 Å². The van der Waals surface area contributed by atoms with Crippen LogP contribution >= 0.6 is 24.0 Å². The molecule has 0 aromatic carbocycles. The summed E-state index contributed by atoms with van der Waals surface area (Å²) in [5.74, 6) is 0.879. The number of nitrogens with zero attached hydrogens (tertiary/aromatic N) is 3. The van der Waals surface area contributed by atoms with Gasteiger partial charge in [0, 0.05) is 65.0 Å². The fraction of sp³-hybridized carbons (Fsp3) is 0.944. The third-order valence-corrected chi connectivity index (χ3v) is 5.12. The molecule has 26 heavy (non-hydrogen) atoms. The smallest absolute Gasteiger partial charge is 0.191 e. The summed E-state index contributed by atoms with van der Waals surface area (Å²) in [6, 6.07) is 0.757. The van der Waals surface area contributed by atoms with E-state index in [1.807, 2.05) is 7.05 Å². The van der Waals surface area contributed by atoms with Crippen LogP contribution in [0.5, 0.6) is 0 Å². The number of hydrogen-bond donors (Lipinski definition) is 2. The average molecular weight is 483 g/mol. The number of rotatable bonds is 10. The predicted octanol–water partition coefficient (Wildman–Crippen LogP) is 0.991. The van der Waals surface area contributed by atoms with Crippen molar-refractivity contribution < 1.29 is 9.47 Å². The van der Waals surface area contributed by atoms with Crippen molar-refractivity contribution in [3.63, 3.8) is 0 Å². The minimum Gasteiger partial charge on any atom is -0.383 e. The fourth-order valence-corrected chi connectivity index (χ4v) is 3.24. The lowest BCUT2D eigenvalue weighted by atomic mass is 10.0. The molecule has 154 valence electrons. The number of aliphatic imine (C=N–C) groups is 1. The van der Waals surface area contributed by atoms with E-state index in [1.54, 1.807) is 7.11 Å². The van der Waals surface area contributed by atoms with E-state index in [-0.39, 0.29) is 29.5 Å². The molecule has 0 unspecified atom stereocenters. The van der Waals surface area contributed by atoms with Gasteiger partial charge in [0.25, 0.3) is 0 Å². The topological polar surface area (TPSA) is 61.4 Å². The van der Waals surface area contributed by atoms with Gasteiger partial charge in [-0.1, -0.05) is 0 Å². The minimum atomic E-state index is 0. The van der Waals surface area contributed by atoms with Crippen molar-refractivity contribution in [1.82, 2.24) is 20.4 Å². The highest BCUT2D eigenvalue weighted by atomic mass is 127. The van der Waals surface area contributed by atoms with Gasteiger partial charge in [-0.15, -0.1) is 24.0 Å². The van der Waals surface area contributed by atoms with Gasteiger partial charge in [-0.3, -0.25) is 14.8 Å². The summed E-state index contributed by atoms with van der Waals surface area (Å²) < 4.78 is 10.7. The van der Waals surface area contributed by atoms with E-state index in [1.165, 1.54) is 12.8 Å². The third-order valence-electron chi connectivity index (χ3n) is 5.12. The highest BCUT2D eigenvalue weighted by Crippen LogP contribution is 2.25. The molecule has 2 aliphatic rings. The summed E-state index contributed by atoms with van der Waals surface area (Å²) >= 11 is 0. The highest BCUT2D eigenvalue weighted by Gasteiger charge is 2.29. The molecule has 0 bridgehead atoms. The van der Waals surface area contributed by atoms with E-state index in [0.29, 0.717) is 0 Å². The summed E-state index contributed by atoms with van der Waals surface area (Å²) in [7, 11) is 3.60. The second-order valence-corrected chi connectivity index (χ2v) is 7.52. The zero-order valence-electron chi connectivity index (χ0n) is 16.9. The molecule has 0 spiro atoms. The first-order chi connectivity index (χ1) is 12.1. The van der Waals surface area contributed by atoms with Crippen LogP contribution in [0.4, 0.5) is 0 Å². The molecule has 1 aliphatic heterocycles. The molecule has 1 aliphatic carbocycles. The van der Waals surface area contributed by atoms with Crippen LogP contribution in [0, 0.1) is 0 Å². The second kappa shape index (κ2) is 12.3. The molecule has 2 N–H and O–H groups in total. The van der Waals surface area contributed by atoms with Gasteiger partial charge < -0.3 is 20.1 Å². The van der Waals surface area contributed by atoms with Crippen molar-refractivity contribution in [2.24, 2.45) is 4.99 Å². The molecule has 0 radical (unpaired) electrons. The monoisotopic (exact) mass is 483 g/mol. The van der Waals surface area contributed by atoms with Crippen LogP contribution < -0.4 is 10.6 Å². The van der Waals surface area contributed by atoms with Crippen LogP contribution in [-0.4, -0.2) is 101 Å². The predicted molar refractivity (Wildman–Crippen MR) is 118 cm³/mol. The molecule has 0 aromatic heterocycles. The molecule has 0 amide bonds. The summed E-state index contributed by atoms with van der Waals surface area (Å²) in [5, 5.41) is 6.93. The van der Waals surface area contributed by atoms with Crippen molar-refractivity contribution in [2.75, 3.05) is 73.2 Å². The SMILES string of the molecule is CN=C(NCCN(CCOC)C1CC1)NCC(C)(C)N1CCOCC1.I. The van der Waals surface area contributed by atoms with Gasteiger partial charge >= 0.3 is 0 Å². The molecule has 8 heteroatoms. The molecule has 1 saturated heterocycles. The molecule has 0 atom stereocenters. The molecule has 2 rings (SSSR count). The van der Waals surface area contributed by atoms with Gasteiger partial charge in [-0.2, -0.15) is 0 Å². The van der Waals surface area contributed by atoms with Crippen LogP contribution in [0.25, 0.3) is 0 Å². The fourth-order valence-electron chi connectivity index (χ4n) is 3.24. The van der Waals surface area contributed by atoms with Gasteiger partial charge in [0.2, 0.25) is 0 Å². The Bertz CT molecular complexity index is 412. The molecule has 0 aromatic rings. The van der Waals surface area contributed by atoms with Crippen molar-refractivity contribution in [1.29, 1.82) is 0 Å². The lowest BCUT2D eigenvalue weighted by Crippen LogP contribution is -2.56. The van der Waals surface area contributed by atoms with Crippen LogP contribution in [0.2, 0.25) is 0 Å². The number of halogens is 1. The lowest BCUT2D eigenvalue weighted by molar-refractivity contribution is -0.00834. The maximum absolute atomic E-state index is 5.46. The summed E-state index contributed by atoms with van der Waals surface area (Å²) in [4.78, 5) is 9.36. The number of nitrogens with one attached hydrogen (secondary N) is 2. The molecular weight excluding hydrogens is 445 g/mol. The first kappa shape index (κ1) is 23.9. The standard InChI is InChI=1S/C18H37N5O2.HI/c1-18(2,23-10-13-25-14-11-23)15-21-17(19-3)20-7-8-22(9-12-24-4)16-5-6-16;/h16H,5-15H2,1-4H3,(H2,19,20,21);1H. The van der Waals surface area contributed by atoms with Crippen LogP contribution in [-0.2, 0) is 9.47 Å². The molecule has 1 heterocycles. The summed E-state index contributed by atoms with van der Waals surface area (Å²) in [6.45, 7) is 12.8. The summed E-state index contributed by atoms with van der Waals surface area (Å²) in [5.41, 5.74) is 0.0832. The second-order valence-electron chi connectivity index (χ2n) is 7.52. The summed E-state index contributed by atoms with van der Waals surface area (Å²) in [6.07, 6.45) is 2.65. The van der Waals surface area contributed by atoms with E-state index in [0.717, 1.165) is 71.1 Å². The molecule has 2 fully saturated rings. The first-order valence-electron chi connectivity index (χ1n) is 9.57. The van der Waals surface area contributed by atoms with E-state index in [9.17, 15) is 0 Å². The zero-order valence-corrected chi connectivity index (χ0v) is 19.3. The van der Waals surface area contributed by atoms with Crippen molar-refractivity contribution >= 4 is 29.9 Å². The Morgan fingerprint density at radius 3 is 2.50 bits per heavy atom. The maximum Gasteiger partial charge on any atom is 0.191 e. The van der Waals surface area contributed by atoms with Crippen molar-refractivity contribution in [2.45, 2.75) is 38.3 Å². The van der Waals surface area contributed by atoms with Gasteiger partial charge in [-0.05, 0) is 26.7 Å². The molecule has 7 nitrogen and oxygen atoms in total. The van der Waals surface area contributed by atoms with Gasteiger partial charge in [0.1, 0.15) is 0 Å². The number of ether oxygens (including phenoxy) is 2. The van der Waals surface area contributed by atoms with Crippen LogP contribution in [0.1, 0.15) is 26.7 Å². The van der Waals surface area contributed by atoms with Crippen LogP contribution in [0.15, 0.2) is 4.99 Å². The zero-order chi connectivity index (χ0) is 18.1. The van der Waals surface area contributed by atoms with Gasteiger partial charge in [-0.25, -0.2) is 0 Å². The quantitative estimate of drug-likeness (QED) is 0.275. The van der Waals surface area contributed by atoms with E-state index < -0.39 is 0 Å². The van der Waals surface area contributed by atoms with Crippen molar-refractivity contribution in [3.8, 4) is 0 Å². The Morgan fingerprint density at radius 2 is 1.92 bits per heavy atom. The normalized spacial score (nSPS) is 19.3. The van der Waals surface area contributed by atoms with Crippen LogP contribution in [0.3, 0.4) is 0 Å². The average Bonchev–Trinajstić information content (AvgIpc) is 3.46. The maximum atomic E-state index is 5.46. The lowest BCUT2D eigenvalue weighted by Gasteiger charge is -2.41. The van der Waals surface area contributed by atoms with Gasteiger partial charge in [0.05, 0.1) is 19.8 Å². The molecule has 1 saturated carbocycles. The van der Waals surface area contributed by atoms with E-state index in [2.05, 4.69) is 39.3 Å². The number of guanidine groups is 1. The Hall–Kier alpha value is -0.160. The number of methoxy groups -OCH3 is 1. The first-order valence-corrected chi connectivity index (χ1v) is 9.57. The number of morpholine rings is 1. The molecular formula is C18H38IN5O2. The third kappa shape index (κ3) is 8.24. The largest absolute Gasteiger partial charge is 0.383 e. The Balaban J connectivity index is 0.00000338. The van der Waals surface area contributed by atoms with E-state index >= 15 is 0 Å². The Kier molecular flexibility index (Phi) is 11.3. The van der Waals surface area contributed by atoms with E-state index in [4.69, 9.17) is 9.47 Å². The minimum absolute atomic E-state index is 0. The number of hydrogen-bond acceptors (Lipinski definition) is 5. The Labute approximate surface area is 176 Å². The van der Waals surface area contributed by atoms with Gasteiger partial charge in [0.15, 0.2) is 5.96 Å².